The summed E-state index contributed by atoms with van der Waals surface area (Å²) in [5.41, 5.74) is 8.66. The summed E-state index contributed by atoms with van der Waals surface area (Å²) in [7, 11) is 0. The average molecular weight is 349 g/mol. The van der Waals surface area contributed by atoms with Crippen LogP contribution in [0.15, 0.2) is 24.3 Å². The molecule has 4 nitrogen and oxygen atoms in total. The minimum Gasteiger partial charge on any atom is -0.381 e. The van der Waals surface area contributed by atoms with Crippen molar-refractivity contribution >= 4 is 5.69 Å². The van der Waals surface area contributed by atoms with Gasteiger partial charge < -0.3 is 20.1 Å². The Balaban J connectivity index is 1.50. The first-order valence-corrected chi connectivity index (χ1v) is 9.83. The lowest BCUT2D eigenvalue weighted by molar-refractivity contribution is 0.122. The third kappa shape index (κ3) is 8.70. The van der Waals surface area contributed by atoms with E-state index in [2.05, 4.69) is 43.0 Å². The molecule has 1 aromatic rings. The van der Waals surface area contributed by atoms with E-state index < -0.39 is 0 Å². The largest absolute Gasteiger partial charge is 0.381 e. The SMILES string of the molecule is CC(C)(N)CCCCOCCCCc1ccc(N2CCOCC2)cc1. The van der Waals surface area contributed by atoms with Crippen LogP contribution in [-0.2, 0) is 15.9 Å². The Bertz CT molecular complexity index is 462. The van der Waals surface area contributed by atoms with Crippen LogP contribution in [0.2, 0.25) is 0 Å². The van der Waals surface area contributed by atoms with Gasteiger partial charge in [-0.1, -0.05) is 12.1 Å². The maximum Gasteiger partial charge on any atom is 0.0642 e. The van der Waals surface area contributed by atoms with Gasteiger partial charge in [0.15, 0.2) is 0 Å². The third-order valence-electron chi connectivity index (χ3n) is 4.68. The van der Waals surface area contributed by atoms with E-state index in [0.29, 0.717) is 0 Å². The minimum atomic E-state index is -0.0443. The monoisotopic (exact) mass is 348 g/mol. The van der Waals surface area contributed by atoms with Gasteiger partial charge in [-0.3, -0.25) is 0 Å². The molecule has 4 heteroatoms. The Labute approximate surface area is 153 Å². The molecule has 0 bridgehead atoms. The number of nitrogens with two attached hydrogens (primary N) is 1. The normalized spacial score (nSPS) is 15.6. The number of nitrogens with zero attached hydrogens (tertiary/aromatic N) is 1. The summed E-state index contributed by atoms with van der Waals surface area (Å²) >= 11 is 0. The molecule has 1 aromatic carbocycles. The molecule has 25 heavy (non-hydrogen) atoms. The van der Waals surface area contributed by atoms with Crippen LogP contribution in [0.1, 0.15) is 51.5 Å². The number of hydrogen-bond donors (Lipinski definition) is 1. The Kier molecular flexibility index (Phi) is 8.73. The van der Waals surface area contributed by atoms with Crippen LogP contribution < -0.4 is 10.6 Å². The molecule has 142 valence electrons. The minimum absolute atomic E-state index is 0.0443. The van der Waals surface area contributed by atoms with Crippen LogP contribution in [-0.4, -0.2) is 45.1 Å². The van der Waals surface area contributed by atoms with Crippen LogP contribution >= 0.6 is 0 Å². The van der Waals surface area contributed by atoms with Crippen molar-refractivity contribution in [1.29, 1.82) is 0 Å². The van der Waals surface area contributed by atoms with Gasteiger partial charge in [-0.15, -0.1) is 0 Å². The Hall–Kier alpha value is -1.10. The molecule has 0 spiro atoms. The Morgan fingerprint density at radius 1 is 1.00 bits per heavy atom. The fourth-order valence-corrected chi connectivity index (χ4v) is 3.12. The van der Waals surface area contributed by atoms with Gasteiger partial charge in [-0.05, 0) is 70.1 Å². The third-order valence-corrected chi connectivity index (χ3v) is 4.68. The van der Waals surface area contributed by atoms with Gasteiger partial charge in [0.05, 0.1) is 13.2 Å². The zero-order valence-corrected chi connectivity index (χ0v) is 16.1. The highest BCUT2D eigenvalue weighted by Gasteiger charge is 2.11. The van der Waals surface area contributed by atoms with Gasteiger partial charge in [0.2, 0.25) is 0 Å². The summed E-state index contributed by atoms with van der Waals surface area (Å²) in [6.45, 7) is 9.58. The fraction of sp³-hybridized carbons (Fsp3) is 0.714. The predicted octanol–water partition coefficient (Wildman–Crippen LogP) is 3.77. The summed E-state index contributed by atoms with van der Waals surface area (Å²) in [4.78, 5) is 2.40. The van der Waals surface area contributed by atoms with Crippen molar-refractivity contribution < 1.29 is 9.47 Å². The maximum atomic E-state index is 5.97. The summed E-state index contributed by atoms with van der Waals surface area (Å²) in [6, 6.07) is 9.02. The van der Waals surface area contributed by atoms with Gasteiger partial charge >= 0.3 is 0 Å². The average Bonchev–Trinajstić information content (AvgIpc) is 2.61. The second-order valence-electron chi connectivity index (χ2n) is 7.78. The number of aryl methyl sites for hydroxylation is 1. The van der Waals surface area contributed by atoms with Gasteiger partial charge in [0.25, 0.3) is 0 Å². The van der Waals surface area contributed by atoms with E-state index >= 15 is 0 Å². The van der Waals surface area contributed by atoms with Gasteiger partial charge in [0, 0.05) is 37.5 Å². The first-order valence-electron chi connectivity index (χ1n) is 9.83. The highest BCUT2D eigenvalue weighted by molar-refractivity contribution is 5.47. The van der Waals surface area contributed by atoms with Gasteiger partial charge in [-0.2, -0.15) is 0 Å². The van der Waals surface area contributed by atoms with Crippen molar-refractivity contribution in [3.8, 4) is 0 Å². The van der Waals surface area contributed by atoms with Crippen molar-refractivity contribution in [3.05, 3.63) is 29.8 Å². The van der Waals surface area contributed by atoms with Crippen LogP contribution in [0.25, 0.3) is 0 Å². The Morgan fingerprint density at radius 2 is 1.64 bits per heavy atom. The van der Waals surface area contributed by atoms with Crippen LogP contribution in [0.5, 0.6) is 0 Å². The molecule has 2 rings (SSSR count). The number of benzene rings is 1. The zero-order valence-electron chi connectivity index (χ0n) is 16.1. The van der Waals surface area contributed by atoms with E-state index in [-0.39, 0.29) is 5.54 Å². The lowest BCUT2D eigenvalue weighted by Crippen LogP contribution is -2.36. The second kappa shape index (κ2) is 10.8. The van der Waals surface area contributed by atoms with Crippen LogP contribution in [0.4, 0.5) is 5.69 Å². The van der Waals surface area contributed by atoms with Crippen molar-refractivity contribution in [2.45, 2.75) is 57.9 Å². The van der Waals surface area contributed by atoms with Crippen molar-refractivity contribution in [2.24, 2.45) is 5.73 Å². The van der Waals surface area contributed by atoms with E-state index in [9.17, 15) is 0 Å². The fourth-order valence-electron chi connectivity index (χ4n) is 3.12. The lowest BCUT2D eigenvalue weighted by Gasteiger charge is -2.28. The molecule has 0 radical (unpaired) electrons. The summed E-state index contributed by atoms with van der Waals surface area (Å²) < 4.78 is 11.1. The highest BCUT2D eigenvalue weighted by Crippen LogP contribution is 2.17. The molecule has 0 aliphatic carbocycles. The van der Waals surface area contributed by atoms with Gasteiger partial charge in [0.1, 0.15) is 0 Å². The van der Waals surface area contributed by atoms with Crippen molar-refractivity contribution in [1.82, 2.24) is 0 Å². The molecule has 2 N–H and O–H groups in total. The van der Waals surface area contributed by atoms with E-state index in [1.165, 1.54) is 17.7 Å². The number of morpholine rings is 1. The van der Waals surface area contributed by atoms with Crippen LogP contribution in [0.3, 0.4) is 0 Å². The van der Waals surface area contributed by atoms with Crippen molar-refractivity contribution in [2.75, 3.05) is 44.4 Å². The molecular formula is C21H36N2O2. The number of hydrogen-bond acceptors (Lipinski definition) is 4. The first kappa shape index (κ1) is 20.2. The standard InChI is InChI=1S/C21H36N2O2/c1-21(2,22)12-4-6-16-24-15-5-3-7-19-8-10-20(11-9-19)23-13-17-25-18-14-23/h8-11H,3-7,12-18,22H2,1-2H3. The number of ether oxygens (including phenoxy) is 2. The van der Waals surface area contributed by atoms with Gasteiger partial charge in [-0.25, -0.2) is 0 Å². The molecule has 1 aliphatic rings. The molecule has 1 saturated heterocycles. The molecule has 0 amide bonds. The van der Waals surface area contributed by atoms with E-state index in [4.69, 9.17) is 15.2 Å². The zero-order chi connectivity index (χ0) is 18.0. The smallest absolute Gasteiger partial charge is 0.0642 e. The predicted molar refractivity (Wildman–Crippen MR) is 105 cm³/mol. The topological polar surface area (TPSA) is 47.7 Å². The Morgan fingerprint density at radius 3 is 2.28 bits per heavy atom. The van der Waals surface area contributed by atoms with E-state index in [1.54, 1.807) is 0 Å². The second-order valence-corrected chi connectivity index (χ2v) is 7.78. The number of unbranched alkanes of at least 4 members (excludes halogenated alkanes) is 2. The molecule has 0 unspecified atom stereocenters. The summed E-state index contributed by atoms with van der Waals surface area (Å²) in [5, 5.41) is 0. The quantitative estimate of drug-likeness (QED) is 0.619. The molecule has 1 heterocycles. The number of rotatable bonds is 11. The molecule has 0 aromatic heterocycles. The summed E-state index contributed by atoms with van der Waals surface area (Å²) in [5.74, 6) is 0. The van der Waals surface area contributed by atoms with E-state index in [0.717, 1.165) is 71.6 Å². The maximum absolute atomic E-state index is 5.97. The molecular weight excluding hydrogens is 312 g/mol. The molecule has 0 atom stereocenters. The summed E-state index contributed by atoms with van der Waals surface area (Å²) in [6.07, 6.45) is 6.79. The number of anilines is 1. The lowest BCUT2D eigenvalue weighted by atomic mass is 9.99. The molecule has 1 aliphatic heterocycles. The molecule has 0 saturated carbocycles. The molecule has 1 fully saturated rings. The highest BCUT2D eigenvalue weighted by atomic mass is 16.5. The first-order chi connectivity index (χ1) is 12.0. The van der Waals surface area contributed by atoms with Crippen molar-refractivity contribution in [3.63, 3.8) is 0 Å². The van der Waals surface area contributed by atoms with Crippen LogP contribution in [0, 0.1) is 0 Å². The van der Waals surface area contributed by atoms with E-state index in [1.807, 2.05) is 0 Å².